The van der Waals surface area contributed by atoms with E-state index >= 15 is 0 Å². The van der Waals surface area contributed by atoms with Crippen LogP contribution in [0.2, 0.25) is 0 Å². The fourth-order valence-corrected chi connectivity index (χ4v) is 2.31. The Kier molecular flexibility index (Phi) is 7.09. The standard InChI is InChI=1S/C18H24O7/c1-2-3-4-5-8-23-17-16(21)14-9-13(24-11-12(20)10-19)6-7-15(14)25-18(17)22/h6-7,9,12,19-21H,2-5,8,10-11H2,1H3. The Labute approximate surface area is 145 Å². The van der Waals surface area contributed by atoms with Gasteiger partial charge < -0.3 is 29.2 Å². The number of hydrogen-bond donors (Lipinski definition) is 3. The van der Waals surface area contributed by atoms with Gasteiger partial charge in [0.1, 0.15) is 24.0 Å². The largest absolute Gasteiger partial charge is 0.504 e. The molecule has 0 aliphatic heterocycles. The SMILES string of the molecule is CCCCCCOc1c(O)c2cc(OCC(O)CO)ccc2oc1=O. The highest BCUT2D eigenvalue weighted by Crippen LogP contribution is 2.33. The van der Waals surface area contributed by atoms with Gasteiger partial charge in [0.15, 0.2) is 5.75 Å². The van der Waals surface area contributed by atoms with Gasteiger partial charge in [-0.3, -0.25) is 0 Å². The van der Waals surface area contributed by atoms with E-state index in [9.17, 15) is 15.0 Å². The van der Waals surface area contributed by atoms with Crippen molar-refractivity contribution in [2.45, 2.75) is 38.7 Å². The van der Waals surface area contributed by atoms with Crippen LogP contribution in [-0.2, 0) is 0 Å². The van der Waals surface area contributed by atoms with E-state index in [1.165, 1.54) is 12.1 Å². The molecule has 0 saturated carbocycles. The van der Waals surface area contributed by atoms with E-state index in [0.717, 1.165) is 25.7 Å². The first kappa shape index (κ1) is 19.1. The molecule has 1 heterocycles. The summed E-state index contributed by atoms with van der Waals surface area (Å²) in [5.41, 5.74) is -0.527. The smallest absolute Gasteiger partial charge is 0.383 e. The van der Waals surface area contributed by atoms with Gasteiger partial charge in [0, 0.05) is 0 Å². The summed E-state index contributed by atoms with van der Waals surface area (Å²) in [6.07, 6.45) is 2.95. The quantitative estimate of drug-likeness (QED) is 0.444. The van der Waals surface area contributed by atoms with Gasteiger partial charge in [-0.15, -0.1) is 0 Å². The van der Waals surface area contributed by atoms with Crippen LogP contribution in [0.1, 0.15) is 32.6 Å². The molecule has 2 rings (SSSR count). The van der Waals surface area contributed by atoms with Crippen LogP contribution in [0.3, 0.4) is 0 Å². The zero-order valence-electron chi connectivity index (χ0n) is 14.2. The van der Waals surface area contributed by atoms with Crippen molar-refractivity contribution < 1.29 is 29.2 Å². The number of aliphatic hydroxyl groups is 2. The van der Waals surface area contributed by atoms with Gasteiger partial charge in [0.25, 0.3) is 0 Å². The minimum Gasteiger partial charge on any atom is -0.504 e. The van der Waals surface area contributed by atoms with Gasteiger partial charge in [0.2, 0.25) is 5.75 Å². The molecule has 0 bridgehead atoms. The predicted molar refractivity (Wildman–Crippen MR) is 92.4 cm³/mol. The fourth-order valence-electron chi connectivity index (χ4n) is 2.31. The molecule has 2 aromatic rings. The second-order valence-corrected chi connectivity index (χ2v) is 5.78. The van der Waals surface area contributed by atoms with Crippen molar-refractivity contribution in [3.05, 3.63) is 28.6 Å². The van der Waals surface area contributed by atoms with Gasteiger partial charge in [-0.25, -0.2) is 4.79 Å². The van der Waals surface area contributed by atoms with E-state index in [4.69, 9.17) is 19.0 Å². The molecule has 1 unspecified atom stereocenters. The second kappa shape index (κ2) is 9.29. The van der Waals surface area contributed by atoms with Crippen LogP contribution >= 0.6 is 0 Å². The highest BCUT2D eigenvalue weighted by Gasteiger charge is 2.16. The molecular weight excluding hydrogens is 328 g/mol. The molecule has 7 nitrogen and oxygen atoms in total. The van der Waals surface area contributed by atoms with Gasteiger partial charge in [-0.1, -0.05) is 26.2 Å². The molecule has 1 aromatic heterocycles. The Balaban J connectivity index is 2.17. The van der Waals surface area contributed by atoms with Crippen molar-refractivity contribution >= 4 is 11.0 Å². The number of benzene rings is 1. The Morgan fingerprint density at radius 1 is 1.20 bits per heavy atom. The monoisotopic (exact) mass is 352 g/mol. The number of aromatic hydroxyl groups is 1. The average molecular weight is 352 g/mol. The Morgan fingerprint density at radius 2 is 2.00 bits per heavy atom. The lowest BCUT2D eigenvalue weighted by atomic mass is 10.2. The maximum absolute atomic E-state index is 12.0. The highest BCUT2D eigenvalue weighted by atomic mass is 16.5. The summed E-state index contributed by atoms with van der Waals surface area (Å²) in [5, 5.41) is 28.7. The van der Waals surface area contributed by atoms with Gasteiger partial charge >= 0.3 is 5.63 Å². The molecule has 0 fully saturated rings. The summed E-state index contributed by atoms with van der Waals surface area (Å²) in [4.78, 5) is 12.0. The van der Waals surface area contributed by atoms with E-state index < -0.39 is 18.3 Å². The highest BCUT2D eigenvalue weighted by molar-refractivity contribution is 5.86. The summed E-state index contributed by atoms with van der Waals surface area (Å²) < 4.78 is 15.9. The van der Waals surface area contributed by atoms with Crippen LogP contribution in [0.4, 0.5) is 0 Å². The van der Waals surface area contributed by atoms with Crippen LogP contribution in [0.15, 0.2) is 27.4 Å². The first-order chi connectivity index (χ1) is 12.1. The zero-order chi connectivity index (χ0) is 18.2. The third-order valence-electron chi connectivity index (χ3n) is 3.71. The van der Waals surface area contributed by atoms with Gasteiger partial charge in [-0.2, -0.15) is 0 Å². The topological polar surface area (TPSA) is 109 Å². The number of rotatable bonds is 10. The zero-order valence-corrected chi connectivity index (χ0v) is 14.2. The predicted octanol–water partition coefficient (Wildman–Crippen LogP) is 2.19. The summed E-state index contributed by atoms with van der Waals surface area (Å²) in [7, 11) is 0. The van der Waals surface area contributed by atoms with Crippen LogP contribution < -0.4 is 15.1 Å². The Morgan fingerprint density at radius 3 is 2.72 bits per heavy atom. The molecule has 0 spiro atoms. The summed E-state index contributed by atoms with van der Waals surface area (Å²) in [6, 6.07) is 4.52. The van der Waals surface area contributed by atoms with Crippen molar-refractivity contribution in [1.29, 1.82) is 0 Å². The fraction of sp³-hybridized carbons (Fsp3) is 0.500. The van der Waals surface area contributed by atoms with Crippen molar-refractivity contribution in [2.24, 2.45) is 0 Å². The van der Waals surface area contributed by atoms with Crippen molar-refractivity contribution in [1.82, 2.24) is 0 Å². The van der Waals surface area contributed by atoms with Crippen LogP contribution in [-0.4, -0.2) is 41.2 Å². The van der Waals surface area contributed by atoms with Crippen molar-refractivity contribution in [3.63, 3.8) is 0 Å². The van der Waals surface area contributed by atoms with Gasteiger partial charge in [0.05, 0.1) is 18.6 Å². The number of fused-ring (bicyclic) bond motifs is 1. The molecule has 1 atom stereocenters. The van der Waals surface area contributed by atoms with E-state index in [-0.39, 0.29) is 29.1 Å². The molecule has 0 amide bonds. The Hall–Kier alpha value is -2.25. The average Bonchev–Trinajstić information content (AvgIpc) is 2.62. The number of ether oxygens (including phenoxy) is 2. The third kappa shape index (κ3) is 5.11. The van der Waals surface area contributed by atoms with Crippen LogP contribution in [0, 0.1) is 0 Å². The maximum Gasteiger partial charge on any atom is 0.383 e. The lowest BCUT2D eigenvalue weighted by Gasteiger charge is -2.12. The van der Waals surface area contributed by atoms with Gasteiger partial charge in [-0.05, 0) is 24.6 Å². The van der Waals surface area contributed by atoms with Crippen molar-refractivity contribution in [2.75, 3.05) is 19.8 Å². The first-order valence-electron chi connectivity index (χ1n) is 8.41. The second-order valence-electron chi connectivity index (χ2n) is 5.78. The molecule has 0 aliphatic carbocycles. The normalized spacial score (nSPS) is 12.3. The number of hydrogen-bond acceptors (Lipinski definition) is 7. The lowest BCUT2D eigenvalue weighted by Crippen LogP contribution is -2.21. The molecule has 3 N–H and O–H groups in total. The molecule has 138 valence electrons. The molecule has 0 aliphatic rings. The molecule has 0 radical (unpaired) electrons. The van der Waals surface area contributed by atoms with E-state index in [0.29, 0.717) is 12.4 Å². The van der Waals surface area contributed by atoms with Crippen LogP contribution in [0.25, 0.3) is 11.0 Å². The summed E-state index contributed by atoms with van der Waals surface area (Å²) in [6.45, 7) is 1.91. The third-order valence-corrected chi connectivity index (χ3v) is 3.71. The molecule has 1 aromatic carbocycles. The molecule has 25 heavy (non-hydrogen) atoms. The lowest BCUT2D eigenvalue weighted by molar-refractivity contribution is 0.0536. The molecular formula is C18H24O7. The molecule has 0 saturated heterocycles. The summed E-state index contributed by atoms with van der Waals surface area (Å²) >= 11 is 0. The number of unbranched alkanes of at least 4 members (excludes halogenated alkanes) is 3. The van der Waals surface area contributed by atoms with E-state index in [2.05, 4.69) is 6.92 Å². The maximum atomic E-state index is 12.0. The van der Waals surface area contributed by atoms with Crippen LogP contribution in [0.5, 0.6) is 17.2 Å². The Bertz CT molecular complexity index is 738. The summed E-state index contributed by atoms with van der Waals surface area (Å²) in [5.74, 6) is -0.149. The molecule has 7 heteroatoms. The minimum atomic E-state index is -1.000. The number of aliphatic hydroxyl groups excluding tert-OH is 2. The van der Waals surface area contributed by atoms with E-state index in [1.807, 2.05) is 0 Å². The minimum absolute atomic E-state index is 0.0969. The van der Waals surface area contributed by atoms with Crippen molar-refractivity contribution in [3.8, 4) is 17.2 Å². The van der Waals surface area contributed by atoms with E-state index in [1.54, 1.807) is 6.07 Å². The first-order valence-corrected chi connectivity index (χ1v) is 8.41.